The molecule has 0 fully saturated rings. The van der Waals surface area contributed by atoms with Crippen molar-refractivity contribution in [3.8, 4) is 0 Å². The van der Waals surface area contributed by atoms with Crippen LogP contribution < -0.4 is 0 Å². The van der Waals surface area contributed by atoms with Crippen LogP contribution in [-0.2, 0) is 9.59 Å². The highest BCUT2D eigenvalue weighted by molar-refractivity contribution is 5.37. The number of hydrogen-bond donors (Lipinski definition) is 0. The highest BCUT2D eigenvalue weighted by atomic mass is 16.1. The Morgan fingerprint density at radius 3 is 2.43 bits per heavy atom. The fourth-order valence-electron chi connectivity index (χ4n) is 1.08. The zero-order valence-electron chi connectivity index (χ0n) is 7.38. The molecule has 4 heteroatoms. The standard InChI is InChI=1S/C10H8N2O2/c13-7-11-6-10(12-8-14)9-4-2-1-3-5-9/h1-5,10H,6H2. The molecule has 0 spiro atoms. The summed E-state index contributed by atoms with van der Waals surface area (Å²) in [5.74, 6) is 0. The Morgan fingerprint density at radius 2 is 1.86 bits per heavy atom. The van der Waals surface area contributed by atoms with Crippen LogP contribution in [0.2, 0.25) is 0 Å². The van der Waals surface area contributed by atoms with Gasteiger partial charge >= 0.3 is 0 Å². The number of nitrogens with zero attached hydrogens (tertiary/aromatic N) is 2. The zero-order valence-corrected chi connectivity index (χ0v) is 7.38. The second-order valence-electron chi connectivity index (χ2n) is 2.58. The molecule has 1 aromatic rings. The van der Waals surface area contributed by atoms with Gasteiger partial charge in [0.15, 0.2) is 0 Å². The second kappa shape index (κ2) is 5.60. The van der Waals surface area contributed by atoms with Crippen molar-refractivity contribution in [2.24, 2.45) is 9.98 Å². The number of hydrogen-bond acceptors (Lipinski definition) is 4. The lowest BCUT2D eigenvalue weighted by atomic mass is 10.1. The third-order valence-electron chi connectivity index (χ3n) is 1.72. The van der Waals surface area contributed by atoms with Crippen molar-refractivity contribution in [1.29, 1.82) is 0 Å². The topological polar surface area (TPSA) is 58.9 Å². The molecule has 4 nitrogen and oxygen atoms in total. The summed E-state index contributed by atoms with van der Waals surface area (Å²) in [5.41, 5.74) is 0.829. The number of aliphatic imine (C=N–C) groups is 2. The van der Waals surface area contributed by atoms with E-state index in [1.165, 1.54) is 12.2 Å². The summed E-state index contributed by atoms with van der Waals surface area (Å²) in [5, 5.41) is 0. The Kier molecular flexibility index (Phi) is 4.02. The fraction of sp³-hybridized carbons (Fsp3) is 0.200. The first kappa shape index (κ1) is 10.1. The SMILES string of the molecule is O=C=NCC(N=C=O)c1ccccc1. The summed E-state index contributed by atoms with van der Waals surface area (Å²) < 4.78 is 0. The van der Waals surface area contributed by atoms with Gasteiger partial charge in [-0.15, -0.1) is 0 Å². The van der Waals surface area contributed by atoms with Gasteiger partial charge in [0.2, 0.25) is 12.2 Å². The van der Waals surface area contributed by atoms with E-state index in [-0.39, 0.29) is 6.54 Å². The van der Waals surface area contributed by atoms with Crippen molar-refractivity contribution in [2.45, 2.75) is 6.04 Å². The van der Waals surface area contributed by atoms with Crippen LogP contribution in [0, 0.1) is 0 Å². The Morgan fingerprint density at radius 1 is 1.14 bits per heavy atom. The lowest BCUT2D eigenvalue weighted by Crippen LogP contribution is -1.98. The normalized spacial score (nSPS) is 10.9. The zero-order chi connectivity index (χ0) is 10.2. The summed E-state index contributed by atoms with van der Waals surface area (Å²) in [4.78, 5) is 27.0. The van der Waals surface area contributed by atoms with Crippen molar-refractivity contribution < 1.29 is 9.59 Å². The van der Waals surface area contributed by atoms with Gasteiger partial charge in [0.1, 0.15) is 6.04 Å². The molecule has 1 unspecified atom stereocenters. The average molecular weight is 188 g/mol. The summed E-state index contributed by atoms with van der Waals surface area (Å²) in [7, 11) is 0. The molecule has 0 bridgehead atoms. The lowest BCUT2D eigenvalue weighted by Gasteiger charge is -2.05. The molecule has 0 amide bonds. The molecule has 70 valence electrons. The first-order chi connectivity index (χ1) is 6.88. The molecule has 1 rings (SSSR count). The van der Waals surface area contributed by atoms with Crippen LogP contribution >= 0.6 is 0 Å². The van der Waals surface area contributed by atoms with Gasteiger partial charge in [-0.1, -0.05) is 30.3 Å². The Hall–Kier alpha value is -2.02. The van der Waals surface area contributed by atoms with Gasteiger partial charge < -0.3 is 0 Å². The molecule has 0 saturated heterocycles. The monoisotopic (exact) mass is 188 g/mol. The Bertz CT molecular complexity index is 376. The molecule has 0 saturated carbocycles. The van der Waals surface area contributed by atoms with E-state index in [2.05, 4.69) is 9.98 Å². The largest absolute Gasteiger partial charge is 0.235 e. The van der Waals surface area contributed by atoms with Gasteiger partial charge in [0.05, 0.1) is 6.54 Å². The van der Waals surface area contributed by atoms with Gasteiger partial charge in [-0.25, -0.2) is 14.6 Å². The number of rotatable bonds is 4. The minimum absolute atomic E-state index is 0.128. The van der Waals surface area contributed by atoms with Gasteiger partial charge in [0, 0.05) is 0 Å². The first-order valence-corrected chi connectivity index (χ1v) is 4.04. The number of carbonyl (C=O) groups excluding carboxylic acids is 2. The van der Waals surface area contributed by atoms with Crippen LogP contribution in [0.25, 0.3) is 0 Å². The van der Waals surface area contributed by atoms with Crippen LogP contribution in [0.1, 0.15) is 11.6 Å². The van der Waals surface area contributed by atoms with Crippen LogP contribution in [0.4, 0.5) is 0 Å². The van der Waals surface area contributed by atoms with Crippen LogP contribution in [-0.4, -0.2) is 18.7 Å². The molecular formula is C10H8N2O2. The van der Waals surface area contributed by atoms with Crippen LogP contribution in [0.3, 0.4) is 0 Å². The predicted molar refractivity (Wildman–Crippen MR) is 50.3 cm³/mol. The summed E-state index contributed by atoms with van der Waals surface area (Å²) in [6, 6.07) is 8.70. The van der Waals surface area contributed by atoms with E-state index in [4.69, 9.17) is 0 Å². The van der Waals surface area contributed by atoms with E-state index in [9.17, 15) is 9.59 Å². The molecule has 0 N–H and O–H groups in total. The van der Waals surface area contributed by atoms with E-state index in [0.717, 1.165) is 5.56 Å². The van der Waals surface area contributed by atoms with Crippen molar-refractivity contribution in [3.05, 3.63) is 35.9 Å². The molecular weight excluding hydrogens is 180 g/mol. The predicted octanol–water partition coefficient (Wildman–Crippen LogP) is 1.40. The molecule has 0 aliphatic rings. The molecule has 1 atom stereocenters. The maximum Gasteiger partial charge on any atom is 0.235 e. The molecule has 14 heavy (non-hydrogen) atoms. The molecule has 1 aromatic carbocycles. The van der Waals surface area contributed by atoms with E-state index in [1.807, 2.05) is 30.3 Å². The minimum Gasteiger partial charge on any atom is -0.211 e. The van der Waals surface area contributed by atoms with E-state index < -0.39 is 6.04 Å². The quantitative estimate of drug-likeness (QED) is 0.529. The van der Waals surface area contributed by atoms with E-state index in [0.29, 0.717) is 0 Å². The number of isocyanates is 2. The van der Waals surface area contributed by atoms with Gasteiger partial charge in [-0.05, 0) is 5.56 Å². The lowest BCUT2D eigenvalue weighted by molar-refractivity contribution is 0.553. The smallest absolute Gasteiger partial charge is 0.211 e. The average Bonchev–Trinajstić information content (AvgIpc) is 2.25. The fourth-order valence-corrected chi connectivity index (χ4v) is 1.08. The molecule has 0 heterocycles. The highest BCUT2D eigenvalue weighted by Gasteiger charge is 2.07. The van der Waals surface area contributed by atoms with Crippen molar-refractivity contribution >= 4 is 12.2 Å². The van der Waals surface area contributed by atoms with Crippen LogP contribution in [0.15, 0.2) is 40.3 Å². The maximum atomic E-state index is 10.1. The highest BCUT2D eigenvalue weighted by Crippen LogP contribution is 2.16. The molecule has 0 aliphatic heterocycles. The first-order valence-electron chi connectivity index (χ1n) is 4.04. The molecule has 0 aliphatic carbocycles. The van der Waals surface area contributed by atoms with Crippen molar-refractivity contribution in [2.75, 3.05) is 6.54 Å². The molecule has 0 aromatic heterocycles. The maximum absolute atomic E-state index is 10.1. The van der Waals surface area contributed by atoms with Crippen LogP contribution in [0.5, 0.6) is 0 Å². The Balaban J connectivity index is 2.88. The van der Waals surface area contributed by atoms with Gasteiger partial charge in [0.25, 0.3) is 0 Å². The van der Waals surface area contributed by atoms with E-state index in [1.54, 1.807) is 0 Å². The summed E-state index contributed by atoms with van der Waals surface area (Å²) in [6.07, 6.45) is 2.87. The van der Waals surface area contributed by atoms with Gasteiger partial charge in [-0.3, -0.25) is 0 Å². The second-order valence-corrected chi connectivity index (χ2v) is 2.58. The summed E-state index contributed by atoms with van der Waals surface area (Å²) in [6.45, 7) is 0.128. The minimum atomic E-state index is -0.435. The third kappa shape index (κ3) is 2.79. The third-order valence-corrected chi connectivity index (χ3v) is 1.72. The Labute approximate surface area is 81.0 Å². The molecule has 0 radical (unpaired) electrons. The van der Waals surface area contributed by atoms with Crippen molar-refractivity contribution in [1.82, 2.24) is 0 Å². The van der Waals surface area contributed by atoms with Crippen molar-refractivity contribution in [3.63, 3.8) is 0 Å². The number of benzene rings is 1. The summed E-state index contributed by atoms with van der Waals surface area (Å²) >= 11 is 0. The van der Waals surface area contributed by atoms with E-state index >= 15 is 0 Å². The van der Waals surface area contributed by atoms with Gasteiger partial charge in [-0.2, -0.15) is 4.99 Å².